The maximum Gasteiger partial charge on any atom is 0.573 e. The van der Waals surface area contributed by atoms with Crippen molar-refractivity contribution in [3.63, 3.8) is 0 Å². The predicted octanol–water partition coefficient (Wildman–Crippen LogP) is 2.89. The number of thiazole rings is 1. The first-order valence-electron chi connectivity index (χ1n) is 7.57. The third-order valence-electron chi connectivity index (χ3n) is 4.14. The molecule has 1 fully saturated rings. The van der Waals surface area contributed by atoms with Gasteiger partial charge >= 0.3 is 6.36 Å². The number of alkyl halides is 3. The summed E-state index contributed by atoms with van der Waals surface area (Å²) in [7, 11) is 0. The van der Waals surface area contributed by atoms with Crippen molar-refractivity contribution in [1.29, 1.82) is 0 Å². The molecule has 0 aliphatic carbocycles. The Balaban J connectivity index is 1.78. The van der Waals surface area contributed by atoms with E-state index in [1.165, 1.54) is 18.2 Å². The van der Waals surface area contributed by atoms with Crippen LogP contribution in [0.1, 0.15) is 12.8 Å². The minimum Gasteiger partial charge on any atom is -0.406 e. The Labute approximate surface area is 145 Å². The maximum atomic E-state index is 12.6. The van der Waals surface area contributed by atoms with Crippen LogP contribution in [0.4, 0.5) is 18.3 Å². The number of halogens is 3. The molecule has 0 unspecified atom stereocenters. The van der Waals surface area contributed by atoms with Crippen molar-refractivity contribution in [2.45, 2.75) is 19.2 Å². The van der Waals surface area contributed by atoms with E-state index in [0.717, 1.165) is 11.3 Å². The molecule has 1 aromatic carbocycles. The highest BCUT2D eigenvalue weighted by Gasteiger charge is 2.39. The maximum absolute atomic E-state index is 12.6. The molecule has 1 aromatic heterocycles. The summed E-state index contributed by atoms with van der Waals surface area (Å²) in [6.45, 7) is 1.11. The normalized spacial score (nSPS) is 17.4. The summed E-state index contributed by atoms with van der Waals surface area (Å²) < 4.78 is 46.5. The van der Waals surface area contributed by atoms with E-state index >= 15 is 0 Å². The van der Waals surface area contributed by atoms with Crippen LogP contribution < -0.4 is 15.8 Å². The lowest BCUT2D eigenvalue weighted by Gasteiger charge is -2.34. The molecular weight excluding hydrogens is 359 g/mol. The third-order valence-corrected chi connectivity index (χ3v) is 5.07. The molecule has 1 amide bonds. The number of amides is 1. The van der Waals surface area contributed by atoms with Gasteiger partial charge < -0.3 is 20.5 Å². The molecule has 136 valence electrons. The number of ether oxygens (including phenoxy) is 2. The average molecular weight is 375 g/mol. The quantitative estimate of drug-likeness (QED) is 0.858. The second kappa shape index (κ2) is 6.77. The summed E-state index contributed by atoms with van der Waals surface area (Å²) in [4.78, 5) is 16.8. The van der Waals surface area contributed by atoms with Gasteiger partial charge in [-0.05, 0) is 25.0 Å². The topological polar surface area (TPSA) is 86.5 Å². The van der Waals surface area contributed by atoms with E-state index in [1.54, 1.807) is 0 Å². The fraction of sp³-hybridized carbons (Fsp3) is 0.467. The standard InChI is InChI=1S/C15H16F3N3O3S/c16-15(17,18)24-9-1-2-10-11(7-9)25-13(20-10)21-12(22)14(8-19)3-5-23-6-4-14/h1-2,7H,3-6,8,19H2,(H,20,21,22). The molecule has 6 nitrogen and oxygen atoms in total. The van der Waals surface area contributed by atoms with Gasteiger partial charge in [-0.25, -0.2) is 4.98 Å². The molecule has 1 aliphatic rings. The molecule has 25 heavy (non-hydrogen) atoms. The van der Waals surface area contributed by atoms with Gasteiger partial charge in [0.1, 0.15) is 5.75 Å². The van der Waals surface area contributed by atoms with Crippen molar-refractivity contribution in [3.8, 4) is 5.75 Å². The van der Waals surface area contributed by atoms with E-state index in [4.69, 9.17) is 10.5 Å². The van der Waals surface area contributed by atoms with Gasteiger partial charge in [-0.2, -0.15) is 0 Å². The van der Waals surface area contributed by atoms with Crippen molar-refractivity contribution in [3.05, 3.63) is 18.2 Å². The van der Waals surface area contributed by atoms with Gasteiger partial charge in [0.25, 0.3) is 0 Å². The number of fused-ring (bicyclic) bond motifs is 1. The number of carbonyl (C=O) groups is 1. The number of nitrogens with two attached hydrogens (primary N) is 1. The van der Waals surface area contributed by atoms with Crippen molar-refractivity contribution in [2.75, 3.05) is 25.1 Å². The number of hydrogen-bond acceptors (Lipinski definition) is 6. The Hall–Kier alpha value is -1.91. The van der Waals surface area contributed by atoms with Crippen LogP contribution in [-0.4, -0.2) is 37.0 Å². The molecule has 10 heteroatoms. The number of hydrogen-bond donors (Lipinski definition) is 2. The first-order chi connectivity index (χ1) is 11.8. The number of nitrogens with zero attached hydrogens (tertiary/aromatic N) is 1. The summed E-state index contributed by atoms with van der Waals surface area (Å²) in [5.74, 6) is -0.575. The summed E-state index contributed by atoms with van der Waals surface area (Å²) in [6, 6.07) is 3.83. The zero-order valence-electron chi connectivity index (χ0n) is 13.1. The lowest BCUT2D eigenvalue weighted by molar-refractivity contribution is -0.274. The zero-order valence-corrected chi connectivity index (χ0v) is 13.9. The highest BCUT2D eigenvalue weighted by Crippen LogP contribution is 2.34. The third kappa shape index (κ3) is 4.02. The minimum atomic E-state index is -4.76. The van der Waals surface area contributed by atoms with Gasteiger partial charge in [0.15, 0.2) is 5.13 Å². The monoisotopic (exact) mass is 375 g/mol. The number of nitrogens with one attached hydrogen (secondary N) is 1. The van der Waals surface area contributed by atoms with E-state index in [-0.39, 0.29) is 18.2 Å². The van der Waals surface area contributed by atoms with Gasteiger partial charge in [-0.15, -0.1) is 13.2 Å². The Morgan fingerprint density at radius 1 is 1.40 bits per heavy atom. The molecule has 3 N–H and O–H groups in total. The summed E-state index contributed by atoms with van der Waals surface area (Å²) in [5, 5.41) is 3.04. The molecule has 1 aliphatic heterocycles. The first-order valence-corrected chi connectivity index (χ1v) is 8.39. The molecule has 2 aromatic rings. The van der Waals surface area contributed by atoms with Crippen molar-refractivity contribution in [2.24, 2.45) is 11.1 Å². The van der Waals surface area contributed by atoms with Gasteiger partial charge in [0.05, 0.1) is 15.6 Å². The highest BCUT2D eigenvalue weighted by molar-refractivity contribution is 7.22. The molecule has 3 rings (SSSR count). The summed E-state index contributed by atoms with van der Waals surface area (Å²) in [5.41, 5.74) is 5.56. The van der Waals surface area contributed by atoms with Crippen LogP contribution in [0.25, 0.3) is 10.2 Å². The van der Waals surface area contributed by atoms with E-state index in [2.05, 4.69) is 15.0 Å². The zero-order chi connectivity index (χ0) is 18.1. The van der Waals surface area contributed by atoms with E-state index < -0.39 is 11.8 Å². The van der Waals surface area contributed by atoms with E-state index in [0.29, 0.717) is 41.4 Å². The molecule has 2 heterocycles. The van der Waals surface area contributed by atoms with Crippen LogP contribution in [0.3, 0.4) is 0 Å². The molecule has 0 spiro atoms. The molecule has 1 saturated heterocycles. The van der Waals surface area contributed by atoms with Crippen molar-refractivity contribution >= 4 is 32.6 Å². The smallest absolute Gasteiger partial charge is 0.406 e. The minimum absolute atomic E-state index is 0.191. The Kier molecular flexibility index (Phi) is 4.85. The fourth-order valence-corrected chi connectivity index (χ4v) is 3.56. The fourth-order valence-electron chi connectivity index (χ4n) is 2.67. The molecule has 0 bridgehead atoms. The van der Waals surface area contributed by atoms with Gasteiger partial charge in [0.2, 0.25) is 5.91 Å². The number of aromatic nitrogens is 1. The van der Waals surface area contributed by atoms with Crippen LogP contribution in [0.15, 0.2) is 18.2 Å². The lowest BCUT2D eigenvalue weighted by atomic mass is 9.79. The van der Waals surface area contributed by atoms with E-state index in [9.17, 15) is 18.0 Å². The molecule has 0 saturated carbocycles. The highest BCUT2D eigenvalue weighted by atomic mass is 32.1. The van der Waals surface area contributed by atoms with Crippen molar-refractivity contribution in [1.82, 2.24) is 4.98 Å². The Morgan fingerprint density at radius 2 is 2.12 bits per heavy atom. The van der Waals surface area contributed by atoms with Gasteiger partial charge in [-0.1, -0.05) is 11.3 Å². The number of anilines is 1. The van der Waals surface area contributed by atoms with Gasteiger partial charge in [0, 0.05) is 25.8 Å². The summed E-state index contributed by atoms with van der Waals surface area (Å²) in [6.07, 6.45) is -3.72. The lowest BCUT2D eigenvalue weighted by Crippen LogP contribution is -2.46. The van der Waals surface area contributed by atoms with E-state index in [1.807, 2.05) is 0 Å². The van der Waals surface area contributed by atoms with Crippen LogP contribution in [0, 0.1) is 5.41 Å². The van der Waals surface area contributed by atoms with Crippen LogP contribution in [0.5, 0.6) is 5.75 Å². The Bertz CT molecular complexity index is 772. The number of carbonyl (C=O) groups excluding carboxylic acids is 1. The number of benzene rings is 1. The summed E-state index contributed by atoms with van der Waals surface area (Å²) >= 11 is 1.08. The first kappa shape index (κ1) is 17.9. The van der Waals surface area contributed by atoms with Crippen LogP contribution in [0.2, 0.25) is 0 Å². The van der Waals surface area contributed by atoms with Gasteiger partial charge in [-0.3, -0.25) is 4.79 Å². The van der Waals surface area contributed by atoms with Crippen LogP contribution >= 0.6 is 11.3 Å². The number of rotatable bonds is 4. The Morgan fingerprint density at radius 3 is 2.76 bits per heavy atom. The second-order valence-electron chi connectivity index (χ2n) is 5.75. The predicted molar refractivity (Wildman–Crippen MR) is 86.5 cm³/mol. The average Bonchev–Trinajstić information content (AvgIpc) is 2.95. The molecular formula is C15H16F3N3O3S. The molecule has 0 atom stereocenters. The SMILES string of the molecule is NCC1(C(=O)Nc2nc3ccc(OC(F)(F)F)cc3s2)CCOCC1. The second-order valence-corrected chi connectivity index (χ2v) is 6.78. The van der Waals surface area contributed by atoms with Crippen LogP contribution in [-0.2, 0) is 9.53 Å². The van der Waals surface area contributed by atoms with Crippen molar-refractivity contribution < 1.29 is 27.4 Å². The largest absolute Gasteiger partial charge is 0.573 e. The molecule has 0 radical (unpaired) electrons.